The van der Waals surface area contributed by atoms with Gasteiger partial charge in [-0.2, -0.15) is 0 Å². The highest BCUT2D eigenvalue weighted by molar-refractivity contribution is 7.91. The molecule has 0 aromatic heterocycles. The largest absolute Gasteiger partial charge is 0.224 e. The van der Waals surface area contributed by atoms with Gasteiger partial charge in [0.25, 0.3) is 0 Å². The maximum absolute atomic E-state index is 12.1. The predicted molar refractivity (Wildman–Crippen MR) is 80.3 cm³/mol. The second-order valence-corrected chi connectivity index (χ2v) is 10.4. The van der Waals surface area contributed by atoms with Crippen molar-refractivity contribution in [3.05, 3.63) is 24.3 Å². The van der Waals surface area contributed by atoms with Crippen LogP contribution in [0.3, 0.4) is 0 Å². The Morgan fingerprint density at radius 1 is 0.900 bits per heavy atom. The molecule has 1 aromatic rings. The molecule has 6 heteroatoms. The van der Waals surface area contributed by atoms with E-state index < -0.39 is 19.7 Å². The van der Waals surface area contributed by atoms with Crippen LogP contribution in [0.25, 0.3) is 0 Å². The molecule has 0 unspecified atom stereocenters. The van der Waals surface area contributed by atoms with Gasteiger partial charge >= 0.3 is 0 Å². The average Bonchev–Trinajstić information content (AvgIpc) is 2.26. The number of hydrogen-bond acceptors (Lipinski definition) is 4. The summed E-state index contributed by atoms with van der Waals surface area (Å²) in [7, 11) is -6.64. The van der Waals surface area contributed by atoms with Crippen molar-refractivity contribution in [3.8, 4) is 0 Å². The molecule has 0 saturated heterocycles. The molecule has 1 aromatic carbocycles. The van der Waals surface area contributed by atoms with Gasteiger partial charge in [0, 0.05) is 6.26 Å². The van der Waals surface area contributed by atoms with Gasteiger partial charge in [0.05, 0.1) is 15.5 Å². The lowest BCUT2D eigenvalue weighted by Crippen LogP contribution is -2.11. The zero-order valence-electron chi connectivity index (χ0n) is 12.4. The van der Waals surface area contributed by atoms with Crippen LogP contribution >= 0.6 is 0 Å². The Bertz CT molecular complexity index is 648. The van der Waals surface area contributed by atoms with Crippen molar-refractivity contribution < 1.29 is 16.8 Å². The minimum atomic E-state index is -3.34. The molecule has 114 valence electrons. The highest BCUT2D eigenvalue weighted by Gasteiger charge is 2.18. The molecule has 0 spiro atoms. The smallest absolute Gasteiger partial charge is 0.178 e. The molecule has 0 atom stereocenters. The van der Waals surface area contributed by atoms with Gasteiger partial charge in [0.1, 0.15) is 0 Å². The van der Waals surface area contributed by atoms with Gasteiger partial charge < -0.3 is 0 Å². The third kappa shape index (κ3) is 5.25. The maximum atomic E-state index is 12.1. The van der Waals surface area contributed by atoms with E-state index in [9.17, 15) is 16.8 Å². The van der Waals surface area contributed by atoms with Crippen molar-refractivity contribution in [1.82, 2.24) is 0 Å². The minimum absolute atomic E-state index is 0.0858. The van der Waals surface area contributed by atoms with Gasteiger partial charge in [-0.1, -0.05) is 20.8 Å². The SMILES string of the molecule is CC(C)(C)CCCS(=O)(=O)c1ccc(S(C)(=O)=O)cc1. The van der Waals surface area contributed by atoms with Crippen LogP contribution in [0.15, 0.2) is 34.1 Å². The highest BCUT2D eigenvalue weighted by Crippen LogP contribution is 2.23. The van der Waals surface area contributed by atoms with E-state index >= 15 is 0 Å². The normalized spacial score (nSPS) is 13.4. The van der Waals surface area contributed by atoms with Gasteiger partial charge in [-0.05, 0) is 42.5 Å². The summed E-state index contributed by atoms with van der Waals surface area (Å²) >= 11 is 0. The van der Waals surface area contributed by atoms with Gasteiger partial charge in [0.2, 0.25) is 0 Å². The molecule has 0 fully saturated rings. The summed E-state index contributed by atoms with van der Waals surface area (Å²) in [4.78, 5) is 0.310. The number of benzene rings is 1. The monoisotopic (exact) mass is 318 g/mol. The molecular weight excluding hydrogens is 296 g/mol. The molecule has 4 nitrogen and oxygen atoms in total. The third-order valence-electron chi connectivity index (χ3n) is 2.95. The molecule has 0 bridgehead atoms. The summed E-state index contributed by atoms with van der Waals surface area (Å²) in [5.74, 6) is 0.0858. The van der Waals surface area contributed by atoms with Gasteiger partial charge in [0.15, 0.2) is 19.7 Å². The van der Waals surface area contributed by atoms with E-state index in [0.29, 0.717) is 6.42 Å². The van der Waals surface area contributed by atoms with Gasteiger partial charge in [-0.25, -0.2) is 16.8 Å². The van der Waals surface area contributed by atoms with E-state index in [1.54, 1.807) is 0 Å². The van der Waals surface area contributed by atoms with Crippen molar-refractivity contribution in [2.24, 2.45) is 5.41 Å². The fraction of sp³-hybridized carbons (Fsp3) is 0.571. The predicted octanol–water partition coefficient (Wildman–Crippen LogP) is 2.69. The second-order valence-electron chi connectivity index (χ2n) is 6.23. The van der Waals surface area contributed by atoms with Crippen molar-refractivity contribution in [2.75, 3.05) is 12.0 Å². The molecule has 0 aliphatic heterocycles. The summed E-state index contributed by atoms with van der Waals surface area (Å²) in [6.45, 7) is 6.21. The zero-order chi connectivity index (χ0) is 15.6. The summed E-state index contributed by atoms with van der Waals surface area (Å²) in [6, 6.07) is 5.41. The Kier molecular flexibility index (Phi) is 5.03. The molecule has 0 amide bonds. The molecule has 20 heavy (non-hydrogen) atoms. The van der Waals surface area contributed by atoms with E-state index in [-0.39, 0.29) is 21.0 Å². The first-order valence-electron chi connectivity index (χ1n) is 6.45. The number of hydrogen-bond donors (Lipinski definition) is 0. The summed E-state index contributed by atoms with van der Waals surface area (Å²) < 4.78 is 46.9. The standard InChI is InChI=1S/C14H22O4S2/c1-14(2,3)10-5-11-20(17,18)13-8-6-12(7-9-13)19(4,15)16/h6-9H,5,10-11H2,1-4H3. The lowest BCUT2D eigenvalue weighted by molar-refractivity contribution is 0.373. The maximum Gasteiger partial charge on any atom is 0.178 e. The highest BCUT2D eigenvalue weighted by atomic mass is 32.2. The van der Waals surface area contributed by atoms with Gasteiger partial charge in [-0.3, -0.25) is 0 Å². The van der Waals surface area contributed by atoms with Crippen LogP contribution in [-0.4, -0.2) is 28.8 Å². The Morgan fingerprint density at radius 2 is 1.35 bits per heavy atom. The summed E-state index contributed by atoms with van der Waals surface area (Å²) in [5, 5.41) is 0. The van der Waals surface area contributed by atoms with E-state index in [1.165, 1.54) is 24.3 Å². The van der Waals surface area contributed by atoms with Crippen molar-refractivity contribution in [1.29, 1.82) is 0 Å². The van der Waals surface area contributed by atoms with E-state index in [0.717, 1.165) is 12.7 Å². The number of rotatable bonds is 5. The quantitative estimate of drug-likeness (QED) is 0.837. The lowest BCUT2D eigenvalue weighted by atomic mass is 9.91. The molecule has 0 N–H and O–H groups in total. The second kappa shape index (κ2) is 5.85. The van der Waals surface area contributed by atoms with Crippen molar-refractivity contribution in [2.45, 2.75) is 43.4 Å². The van der Waals surface area contributed by atoms with Crippen LogP contribution in [0.1, 0.15) is 33.6 Å². The van der Waals surface area contributed by atoms with Crippen molar-refractivity contribution >= 4 is 19.7 Å². The Labute approximate surface area is 122 Å². The fourth-order valence-corrected chi connectivity index (χ4v) is 3.75. The minimum Gasteiger partial charge on any atom is -0.224 e. The third-order valence-corrected chi connectivity index (χ3v) is 5.90. The van der Waals surface area contributed by atoms with Crippen LogP contribution in [0.5, 0.6) is 0 Å². The summed E-state index contributed by atoms with van der Waals surface area (Å²) in [6.07, 6.45) is 2.52. The molecule has 0 radical (unpaired) electrons. The molecule has 1 rings (SSSR count). The molecule has 0 saturated carbocycles. The van der Waals surface area contributed by atoms with E-state index in [4.69, 9.17) is 0 Å². The zero-order valence-corrected chi connectivity index (χ0v) is 14.0. The lowest BCUT2D eigenvalue weighted by Gasteiger charge is -2.17. The first-order chi connectivity index (χ1) is 8.92. The van der Waals surface area contributed by atoms with Crippen molar-refractivity contribution in [3.63, 3.8) is 0 Å². The van der Waals surface area contributed by atoms with Crippen LogP contribution in [0.4, 0.5) is 0 Å². The first kappa shape index (κ1) is 17.2. The molecule has 0 heterocycles. The Morgan fingerprint density at radius 3 is 1.75 bits per heavy atom. The van der Waals surface area contributed by atoms with E-state index in [2.05, 4.69) is 20.8 Å². The summed E-state index contributed by atoms with van der Waals surface area (Å²) in [5.41, 5.74) is 0.107. The molecule has 0 aliphatic carbocycles. The number of sulfone groups is 2. The van der Waals surface area contributed by atoms with Crippen LogP contribution in [-0.2, 0) is 19.7 Å². The average molecular weight is 318 g/mol. The first-order valence-corrected chi connectivity index (χ1v) is 9.99. The van der Waals surface area contributed by atoms with Crippen LogP contribution < -0.4 is 0 Å². The topological polar surface area (TPSA) is 68.3 Å². The van der Waals surface area contributed by atoms with Crippen LogP contribution in [0, 0.1) is 5.41 Å². The fourth-order valence-electron chi connectivity index (χ4n) is 1.80. The Balaban J connectivity index is 2.84. The molecule has 0 aliphatic rings. The van der Waals surface area contributed by atoms with Crippen LogP contribution in [0.2, 0.25) is 0 Å². The van der Waals surface area contributed by atoms with E-state index in [1.807, 2.05) is 0 Å². The van der Waals surface area contributed by atoms with Gasteiger partial charge in [-0.15, -0.1) is 0 Å². The molecular formula is C14H22O4S2. The Hall–Kier alpha value is -0.880.